The normalized spacial score (nSPS) is 23.6. The van der Waals surface area contributed by atoms with Crippen LogP contribution in [0.25, 0.3) is 0 Å². The Hall–Kier alpha value is -2.98. The summed E-state index contributed by atoms with van der Waals surface area (Å²) in [7, 11) is 1.53. The fourth-order valence-corrected chi connectivity index (χ4v) is 5.27. The first-order valence-corrected chi connectivity index (χ1v) is 11.4. The Bertz CT molecular complexity index is 870. The van der Waals surface area contributed by atoms with Crippen LogP contribution in [0.15, 0.2) is 24.3 Å². The fourth-order valence-electron chi connectivity index (χ4n) is 5.27. The van der Waals surface area contributed by atoms with Gasteiger partial charge in [-0.3, -0.25) is 20.1 Å². The van der Waals surface area contributed by atoms with Gasteiger partial charge in [-0.2, -0.15) is 4.48 Å². The van der Waals surface area contributed by atoms with E-state index >= 15 is 0 Å². The Morgan fingerprint density at radius 3 is 2.45 bits per heavy atom. The number of nitrogens with zero attached hydrogens (tertiary/aromatic N) is 2. The maximum Gasteiger partial charge on any atom is 0.429 e. The lowest BCUT2D eigenvalue weighted by Crippen LogP contribution is -2.67. The summed E-state index contributed by atoms with van der Waals surface area (Å²) in [6, 6.07) is 4.99. The number of methoxy groups -OCH3 is 1. The molecule has 10 nitrogen and oxygen atoms in total. The number of likely N-dealkylation sites (tertiary alicyclic amines) is 1. The van der Waals surface area contributed by atoms with Gasteiger partial charge >= 0.3 is 11.9 Å². The lowest BCUT2D eigenvalue weighted by molar-refractivity contribution is -0.776. The minimum Gasteiger partial charge on any atom is -0.497 e. The zero-order valence-corrected chi connectivity index (χ0v) is 18.9. The summed E-state index contributed by atoms with van der Waals surface area (Å²) in [5.41, 5.74) is 6.10. The van der Waals surface area contributed by atoms with Gasteiger partial charge in [-0.25, -0.2) is 14.7 Å². The molecule has 2 fully saturated rings. The molecule has 33 heavy (non-hydrogen) atoms. The maximum absolute atomic E-state index is 14.0. The molecular formula is C23H33N4O6+. The number of carbonyl (C=O) groups excluding carboxylic acids is 4. The highest BCUT2D eigenvalue weighted by molar-refractivity contribution is 5.96. The number of hydroxylamine groups is 2. The summed E-state index contributed by atoms with van der Waals surface area (Å²) < 4.78 is 4.38. The zero-order valence-electron chi connectivity index (χ0n) is 18.9. The third-order valence-electron chi connectivity index (χ3n) is 6.92. The molecule has 1 saturated heterocycles. The number of amides is 5. The number of carbonyl (C=O) groups is 4. The molecule has 3 atom stereocenters. The van der Waals surface area contributed by atoms with Gasteiger partial charge < -0.3 is 10.5 Å². The van der Waals surface area contributed by atoms with E-state index in [1.807, 2.05) is 0 Å². The van der Waals surface area contributed by atoms with E-state index in [-0.39, 0.29) is 25.4 Å². The highest BCUT2D eigenvalue weighted by Crippen LogP contribution is 2.36. The van der Waals surface area contributed by atoms with E-state index in [1.54, 1.807) is 24.3 Å². The van der Waals surface area contributed by atoms with Crippen LogP contribution in [0.2, 0.25) is 0 Å². The van der Waals surface area contributed by atoms with Crippen molar-refractivity contribution in [3.8, 4) is 5.75 Å². The van der Waals surface area contributed by atoms with Gasteiger partial charge in [0.2, 0.25) is 6.41 Å². The van der Waals surface area contributed by atoms with Crippen molar-refractivity contribution in [3.63, 3.8) is 0 Å². The molecule has 10 heteroatoms. The molecule has 4 N–H and O–H groups in total. The van der Waals surface area contributed by atoms with E-state index in [0.717, 1.165) is 25.7 Å². The first-order chi connectivity index (χ1) is 15.8. The number of nitrogens with one attached hydrogen (secondary N) is 1. The second-order valence-electron chi connectivity index (χ2n) is 8.96. The van der Waals surface area contributed by atoms with Crippen LogP contribution >= 0.6 is 0 Å². The van der Waals surface area contributed by atoms with Crippen LogP contribution in [0.3, 0.4) is 0 Å². The van der Waals surface area contributed by atoms with Gasteiger partial charge in [0, 0.05) is 18.5 Å². The van der Waals surface area contributed by atoms with Gasteiger partial charge in [0.15, 0.2) is 6.04 Å². The van der Waals surface area contributed by atoms with Crippen molar-refractivity contribution >= 4 is 29.9 Å². The highest BCUT2D eigenvalue weighted by atomic mass is 16.5. The van der Waals surface area contributed by atoms with Crippen molar-refractivity contribution in [2.75, 3.05) is 25.5 Å². The molecule has 1 heterocycles. The Balaban J connectivity index is 1.94. The quantitative estimate of drug-likeness (QED) is 0.223. The lowest BCUT2D eigenvalue weighted by atomic mass is 9.90. The summed E-state index contributed by atoms with van der Waals surface area (Å²) in [6.07, 6.45) is 5.48. The Labute approximate surface area is 193 Å². The van der Waals surface area contributed by atoms with Gasteiger partial charge in [-0.15, -0.1) is 0 Å². The molecule has 1 aliphatic heterocycles. The Morgan fingerprint density at radius 1 is 1.21 bits per heavy atom. The third-order valence-corrected chi connectivity index (χ3v) is 6.92. The average Bonchev–Trinajstić information content (AvgIpc) is 3.49. The largest absolute Gasteiger partial charge is 0.497 e. The Kier molecular flexibility index (Phi) is 8.04. The molecule has 3 rings (SSSR count). The molecule has 1 aromatic carbocycles. The predicted octanol–water partition coefficient (Wildman–Crippen LogP) is 2.26. The van der Waals surface area contributed by atoms with Crippen molar-refractivity contribution in [1.29, 1.82) is 0 Å². The van der Waals surface area contributed by atoms with E-state index in [4.69, 9.17) is 10.5 Å². The van der Waals surface area contributed by atoms with E-state index in [2.05, 4.69) is 5.32 Å². The maximum atomic E-state index is 14.0. The second kappa shape index (κ2) is 10.8. The van der Waals surface area contributed by atoms with Gasteiger partial charge in [0.05, 0.1) is 26.1 Å². The van der Waals surface area contributed by atoms with E-state index in [0.29, 0.717) is 35.8 Å². The molecule has 0 bridgehead atoms. The van der Waals surface area contributed by atoms with Crippen LogP contribution in [0.5, 0.6) is 5.75 Å². The Morgan fingerprint density at radius 2 is 1.88 bits per heavy atom. The molecule has 5 amide bonds. The molecule has 1 unspecified atom stereocenters. The van der Waals surface area contributed by atoms with Crippen LogP contribution in [-0.4, -0.2) is 65.3 Å². The minimum atomic E-state index is -1.01. The summed E-state index contributed by atoms with van der Waals surface area (Å²) in [6.45, 7) is -0.109. The van der Waals surface area contributed by atoms with Crippen LogP contribution < -0.4 is 15.8 Å². The zero-order chi connectivity index (χ0) is 24.0. The number of hydrogen-bond acceptors (Lipinski definition) is 6. The smallest absolute Gasteiger partial charge is 0.429 e. The molecule has 1 aromatic rings. The van der Waals surface area contributed by atoms with Crippen molar-refractivity contribution in [2.24, 2.45) is 17.6 Å². The monoisotopic (exact) mass is 461 g/mol. The van der Waals surface area contributed by atoms with Gasteiger partial charge in [0.25, 0.3) is 5.91 Å². The average molecular weight is 462 g/mol. The van der Waals surface area contributed by atoms with Crippen molar-refractivity contribution in [2.45, 2.75) is 51.0 Å². The summed E-state index contributed by atoms with van der Waals surface area (Å²) >= 11 is 0. The molecule has 1 aliphatic carbocycles. The number of nitrogens with two attached hydrogens (primary N) is 1. The summed E-state index contributed by atoms with van der Waals surface area (Å²) in [4.78, 5) is 51.0. The first kappa shape index (κ1) is 24.7. The topological polar surface area (TPSA) is 139 Å². The standard InChI is InChI=1S/C23H32N4O6/c1-33-19-10-8-18(9-11-19)25-23(31)27(12-4-7-20(27)21(24)29)22(30)17(14-26(32)15-28)13-16-5-2-3-6-16/h8-11,15-17,20,32H,2-7,12-14H2,1H3,(H2-,24,25,29,31)/p+1/t17-,20+,27?/m1/s1. The number of ether oxygens (including phenoxy) is 1. The van der Waals surface area contributed by atoms with Crippen LogP contribution in [0.1, 0.15) is 44.9 Å². The molecule has 2 aliphatic rings. The van der Waals surface area contributed by atoms with Gasteiger partial charge in [0.1, 0.15) is 5.75 Å². The number of benzene rings is 1. The van der Waals surface area contributed by atoms with Crippen molar-refractivity contribution < 1.29 is 33.6 Å². The lowest BCUT2D eigenvalue weighted by Gasteiger charge is -2.36. The number of quaternary nitrogens is 1. The number of imide groups is 1. The fraction of sp³-hybridized carbons (Fsp3) is 0.565. The molecule has 0 radical (unpaired) electrons. The van der Waals surface area contributed by atoms with E-state index < -0.39 is 34.3 Å². The van der Waals surface area contributed by atoms with Crippen LogP contribution in [0, 0.1) is 11.8 Å². The molecular weight excluding hydrogens is 428 g/mol. The van der Waals surface area contributed by atoms with Crippen molar-refractivity contribution in [3.05, 3.63) is 24.3 Å². The number of hydrogen-bond donors (Lipinski definition) is 3. The molecule has 1 saturated carbocycles. The predicted molar refractivity (Wildman–Crippen MR) is 119 cm³/mol. The van der Waals surface area contributed by atoms with Crippen molar-refractivity contribution in [1.82, 2.24) is 5.06 Å². The molecule has 180 valence electrons. The highest BCUT2D eigenvalue weighted by Gasteiger charge is 2.59. The summed E-state index contributed by atoms with van der Waals surface area (Å²) in [5.74, 6) is -1.14. The molecule has 0 spiro atoms. The summed E-state index contributed by atoms with van der Waals surface area (Å²) in [5, 5.41) is 13.1. The van der Waals surface area contributed by atoms with Gasteiger partial charge in [-0.1, -0.05) is 25.7 Å². The number of rotatable bonds is 9. The molecule has 0 aromatic heterocycles. The third kappa shape index (κ3) is 5.33. The number of urea groups is 1. The van der Waals surface area contributed by atoms with Gasteiger partial charge in [-0.05, 0) is 36.6 Å². The number of primary amides is 1. The van der Waals surface area contributed by atoms with E-state index in [1.165, 1.54) is 7.11 Å². The SMILES string of the molecule is COc1ccc(NC(=O)[N+]2(C(=O)[C@H](CC3CCCC3)CN(O)C=O)CCC[C@H]2C(N)=O)cc1. The van der Waals surface area contributed by atoms with Crippen LogP contribution in [0.4, 0.5) is 10.5 Å². The first-order valence-electron chi connectivity index (χ1n) is 11.4. The van der Waals surface area contributed by atoms with Crippen LogP contribution in [-0.2, 0) is 14.4 Å². The number of anilines is 1. The second-order valence-corrected chi connectivity index (χ2v) is 8.96. The van der Waals surface area contributed by atoms with E-state index in [9.17, 15) is 24.4 Å². The minimum absolute atomic E-state index is 0.127.